The van der Waals surface area contributed by atoms with Gasteiger partial charge in [0, 0.05) is 0 Å². The van der Waals surface area contributed by atoms with Crippen molar-refractivity contribution in [3.8, 4) is 0 Å². The monoisotopic (exact) mass is 286 g/mol. The smallest absolute Gasteiger partial charge is 0.308 e. The highest BCUT2D eigenvalue weighted by atomic mass is 16.5. The van der Waals surface area contributed by atoms with Crippen LogP contribution in [0.4, 0.5) is 0 Å². The normalized spacial score (nSPS) is 29.1. The highest BCUT2D eigenvalue weighted by molar-refractivity contribution is 5.72. The number of ether oxygens (including phenoxy) is 1. The van der Waals surface area contributed by atoms with Gasteiger partial charge in [-0.05, 0) is 67.9 Å². The van der Waals surface area contributed by atoms with E-state index in [4.69, 9.17) is 4.74 Å². The average molecular weight is 286 g/mol. The van der Waals surface area contributed by atoms with Crippen molar-refractivity contribution in [2.45, 2.75) is 57.8 Å². The molecule has 0 aromatic heterocycles. The number of hydrogen-bond donors (Lipinski definition) is 0. The summed E-state index contributed by atoms with van der Waals surface area (Å²) in [6.45, 7) is 4.42. The molecule has 3 rings (SSSR count). The zero-order valence-electron chi connectivity index (χ0n) is 13.2. The number of aryl methyl sites for hydroxylation is 1. The van der Waals surface area contributed by atoms with Gasteiger partial charge in [-0.1, -0.05) is 31.2 Å². The van der Waals surface area contributed by atoms with E-state index in [-0.39, 0.29) is 11.9 Å². The Hall–Kier alpha value is -1.31. The molecule has 0 saturated heterocycles. The second kappa shape index (κ2) is 5.82. The predicted molar refractivity (Wildman–Crippen MR) is 84.2 cm³/mol. The van der Waals surface area contributed by atoms with Crippen molar-refractivity contribution < 1.29 is 9.53 Å². The lowest BCUT2D eigenvalue weighted by molar-refractivity contribution is -0.149. The van der Waals surface area contributed by atoms with E-state index in [0.717, 1.165) is 12.8 Å². The van der Waals surface area contributed by atoms with Crippen molar-refractivity contribution in [1.82, 2.24) is 0 Å². The summed E-state index contributed by atoms with van der Waals surface area (Å²) in [6.07, 6.45) is 7.32. The molecule has 2 aliphatic carbocycles. The molecule has 21 heavy (non-hydrogen) atoms. The van der Waals surface area contributed by atoms with Crippen LogP contribution in [0.2, 0.25) is 0 Å². The van der Waals surface area contributed by atoms with Gasteiger partial charge in [0.2, 0.25) is 0 Å². The Morgan fingerprint density at radius 2 is 2.00 bits per heavy atom. The van der Waals surface area contributed by atoms with Gasteiger partial charge in [0.05, 0.1) is 12.5 Å². The van der Waals surface area contributed by atoms with Crippen LogP contribution in [-0.2, 0) is 21.4 Å². The third kappa shape index (κ3) is 2.61. The highest BCUT2D eigenvalue weighted by Gasteiger charge is 2.42. The molecule has 0 amide bonds. The Morgan fingerprint density at radius 3 is 2.71 bits per heavy atom. The quantitative estimate of drug-likeness (QED) is 0.776. The Morgan fingerprint density at radius 1 is 1.29 bits per heavy atom. The van der Waals surface area contributed by atoms with Gasteiger partial charge in [0.15, 0.2) is 0 Å². The predicted octanol–water partition coefficient (Wildman–Crippen LogP) is 4.26. The average Bonchev–Trinajstić information content (AvgIpc) is 2.87. The van der Waals surface area contributed by atoms with Crippen molar-refractivity contribution in [2.75, 3.05) is 6.61 Å². The first-order valence-corrected chi connectivity index (χ1v) is 8.41. The molecule has 114 valence electrons. The minimum Gasteiger partial charge on any atom is -0.466 e. The molecule has 1 atom stereocenters. The molecule has 0 bridgehead atoms. The van der Waals surface area contributed by atoms with Gasteiger partial charge >= 0.3 is 5.97 Å². The van der Waals surface area contributed by atoms with Gasteiger partial charge < -0.3 is 4.74 Å². The highest BCUT2D eigenvalue weighted by Crippen LogP contribution is 2.50. The van der Waals surface area contributed by atoms with Crippen molar-refractivity contribution >= 4 is 5.97 Å². The standard InChI is InChI=1S/C19H26O2/c1-3-21-18(20)14(2)15-8-11-19(12-9-15)13-10-16-6-4-5-7-17(16)19/h4-7,14-15H,3,8-13H2,1-2H3. The maximum atomic E-state index is 11.9. The van der Waals surface area contributed by atoms with Crippen molar-refractivity contribution in [1.29, 1.82) is 0 Å². The summed E-state index contributed by atoms with van der Waals surface area (Å²) in [4.78, 5) is 11.9. The second-order valence-corrected chi connectivity index (χ2v) is 6.82. The molecular weight excluding hydrogens is 260 g/mol. The minimum atomic E-state index is -0.00901. The van der Waals surface area contributed by atoms with E-state index in [2.05, 4.69) is 24.3 Å². The largest absolute Gasteiger partial charge is 0.466 e. The van der Waals surface area contributed by atoms with Crippen molar-refractivity contribution in [2.24, 2.45) is 11.8 Å². The van der Waals surface area contributed by atoms with E-state index in [0.29, 0.717) is 17.9 Å². The Balaban J connectivity index is 1.67. The summed E-state index contributed by atoms with van der Waals surface area (Å²) < 4.78 is 5.19. The number of rotatable bonds is 3. The Kier molecular flexibility index (Phi) is 4.05. The molecule has 2 heteroatoms. The van der Waals surface area contributed by atoms with Crippen LogP contribution in [0.15, 0.2) is 24.3 Å². The molecule has 1 spiro atoms. The van der Waals surface area contributed by atoms with Gasteiger partial charge in [0.25, 0.3) is 0 Å². The van der Waals surface area contributed by atoms with Crippen molar-refractivity contribution in [3.05, 3.63) is 35.4 Å². The van der Waals surface area contributed by atoms with Gasteiger partial charge in [-0.2, -0.15) is 0 Å². The molecular formula is C19H26O2. The molecule has 0 aliphatic heterocycles. The SMILES string of the molecule is CCOC(=O)C(C)C1CCC2(CCc3ccccc32)CC1. The summed E-state index contributed by atoms with van der Waals surface area (Å²) in [5, 5.41) is 0. The van der Waals surface area contributed by atoms with Crippen LogP contribution in [0, 0.1) is 11.8 Å². The van der Waals surface area contributed by atoms with Crippen LogP contribution in [0.5, 0.6) is 0 Å². The summed E-state index contributed by atoms with van der Waals surface area (Å²) >= 11 is 0. The maximum Gasteiger partial charge on any atom is 0.308 e. The number of fused-ring (bicyclic) bond motifs is 2. The zero-order chi connectivity index (χ0) is 14.9. The molecule has 0 heterocycles. The topological polar surface area (TPSA) is 26.3 Å². The molecule has 1 saturated carbocycles. The fourth-order valence-electron chi connectivity index (χ4n) is 4.44. The van der Waals surface area contributed by atoms with Gasteiger partial charge in [-0.15, -0.1) is 0 Å². The lowest BCUT2D eigenvalue weighted by atomic mass is 9.65. The fourth-order valence-corrected chi connectivity index (χ4v) is 4.44. The number of benzene rings is 1. The third-order valence-electron chi connectivity index (χ3n) is 5.81. The summed E-state index contributed by atoms with van der Waals surface area (Å²) in [5.74, 6) is 0.548. The zero-order valence-corrected chi connectivity index (χ0v) is 13.2. The molecule has 1 fully saturated rings. The van der Waals surface area contributed by atoms with Crippen LogP contribution >= 0.6 is 0 Å². The molecule has 2 nitrogen and oxygen atoms in total. The van der Waals surface area contributed by atoms with Crippen LogP contribution in [-0.4, -0.2) is 12.6 Å². The molecule has 1 aromatic rings. The molecule has 0 N–H and O–H groups in total. The molecule has 1 aromatic carbocycles. The van der Waals surface area contributed by atoms with Crippen LogP contribution in [0.1, 0.15) is 57.1 Å². The first-order valence-electron chi connectivity index (χ1n) is 8.41. The van der Waals surface area contributed by atoms with E-state index >= 15 is 0 Å². The summed E-state index contributed by atoms with van der Waals surface area (Å²) in [7, 11) is 0. The lowest BCUT2D eigenvalue weighted by Crippen LogP contribution is -2.34. The summed E-state index contributed by atoms with van der Waals surface area (Å²) in [6, 6.07) is 8.96. The van der Waals surface area contributed by atoms with Crippen molar-refractivity contribution in [3.63, 3.8) is 0 Å². The number of carbonyl (C=O) groups is 1. The number of carbonyl (C=O) groups excluding carboxylic acids is 1. The first kappa shape index (κ1) is 14.6. The maximum absolute atomic E-state index is 11.9. The van der Waals surface area contributed by atoms with Gasteiger partial charge in [-0.25, -0.2) is 0 Å². The summed E-state index contributed by atoms with van der Waals surface area (Å²) in [5.41, 5.74) is 3.54. The van der Waals surface area contributed by atoms with Crippen LogP contribution < -0.4 is 0 Å². The number of hydrogen-bond acceptors (Lipinski definition) is 2. The van der Waals surface area contributed by atoms with E-state index in [1.165, 1.54) is 25.7 Å². The lowest BCUT2D eigenvalue weighted by Gasteiger charge is -2.39. The van der Waals surface area contributed by atoms with Crippen LogP contribution in [0.25, 0.3) is 0 Å². The third-order valence-corrected chi connectivity index (χ3v) is 5.81. The first-order chi connectivity index (χ1) is 10.2. The van der Waals surface area contributed by atoms with E-state index in [9.17, 15) is 4.79 Å². The molecule has 2 aliphatic rings. The van der Waals surface area contributed by atoms with Crippen LogP contribution in [0.3, 0.4) is 0 Å². The molecule has 0 radical (unpaired) electrons. The van der Waals surface area contributed by atoms with E-state index < -0.39 is 0 Å². The Labute approximate surface area is 127 Å². The van der Waals surface area contributed by atoms with E-state index in [1.54, 1.807) is 11.1 Å². The fraction of sp³-hybridized carbons (Fsp3) is 0.632. The number of esters is 1. The minimum absolute atomic E-state index is 0.00901. The second-order valence-electron chi connectivity index (χ2n) is 6.82. The van der Waals surface area contributed by atoms with Gasteiger partial charge in [0.1, 0.15) is 0 Å². The molecule has 1 unspecified atom stereocenters. The van der Waals surface area contributed by atoms with E-state index in [1.807, 2.05) is 13.8 Å². The van der Waals surface area contributed by atoms with Gasteiger partial charge in [-0.3, -0.25) is 4.79 Å². The Bertz CT molecular complexity index is 512.